The number of halogens is 1. The SMILES string of the molecule is Cc1oc(-c2cccc(Br)c2)nc1CC(=O)N1CCOC(C)C1. The lowest BCUT2D eigenvalue weighted by atomic mass is 10.2. The van der Waals surface area contributed by atoms with Gasteiger partial charge in [-0.1, -0.05) is 22.0 Å². The quantitative estimate of drug-likeness (QED) is 0.822. The van der Waals surface area contributed by atoms with Gasteiger partial charge in [-0.25, -0.2) is 4.98 Å². The summed E-state index contributed by atoms with van der Waals surface area (Å²) in [6, 6.07) is 7.76. The van der Waals surface area contributed by atoms with Crippen LogP contribution in [-0.4, -0.2) is 41.6 Å². The molecule has 0 saturated carbocycles. The number of amides is 1. The minimum absolute atomic E-state index is 0.0670. The van der Waals surface area contributed by atoms with Gasteiger partial charge >= 0.3 is 0 Å². The molecule has 1 aliphatic rings. The molecule has 0 bridgehead atoms. The van der Waals surface area contributed by atoms with Crippen molar-refractivity contribution in [1.82, 2.24) is 9.88 Å². The van der Waals surface area contributed by atoms with E-state index in [1.807, 2.05) is 43.0 Å². The number of hydrogen-bond acceptors (Lipinski definition) is 4. The highest BCUT2D eigenvalue weighted by atomic mass is 79.9. The van der Waals surface area contributed by atoms with Crippen LogP contribution in [0.15, 0.2) is 33.2 Å². The zero-order chi connectivity index (χ0) is 16.4. The summed E-state index contributed by atoms with van der Waals surface area (Å²) in [5, 5.41) is 0. The Labute approximate surface area is 143 Å². The molecule has 1 aliphatic heterocycles. The Morgan fingerprint density at radius 2 is 2.30 bits per heavy atom. The number of oxazole rings is 1. The molecule has 0 spiro atoms. The Morgan fingerprint density at radius 3 is 3.04 bits per heavy atom. The number of nitrogens with zero attached hydrogens (tertiary/aromatic N) is 2. The van der Waals surface area contributed by atoms with Gasteiger partial charge in [-0.3, -0.25) is 4.79 Å². The van der Waals surface area contributed by atoms with Gasteiger partial charge < -0.3 is 14.1 Å². The van der Waals surface area contributed by atoms with Crippen LogP contribution in [0.3, 0.4) is 0 Å². The summed E-state index contributed by atoms with van der Waals surface area (Å²) in [6.07, 6.45) is 0.346. The van der Waals surface area contributed by atoms with E-state index in [-0.39, 0.29) is 18.4 Å². The van der Waals surface area contributed by atoms with Crippen molar-refractivity contribution in [2.45, 2.75) is 26.4 Å². The molecule has 0 N–H and O–H groups in total. The zero-order valence-electron chi connectivity index (χ0n) is 13.2. The first-order valence-corrected chi connectivity index (χ1v) is 8.44. The van der Waals surface area contributed by atoms with Gasteiger partial charge in [-0.15, -0.1) is 0 Å². The Morgan fingerprint density at radius 1 is 1.48 bits per heavy atom. The first-order valence-electron chi connectivity index (χ1n) is 7.64. The molecule has 1 aromatic carbocycles. The van der Waals surface area contributed by atoms with Crippen molar-refractivity contribution in [3.63, 3.8) is 0 Å². The number of rotatable bonds is 3. The number of hydrogen-bond donors (Lipinski definition) is 0. The summed E-state index contributed by atoms with van der Waals surface area (Å²) in [5.74, 6) is 1.30. The molecule has 1 aromatic heterocycles. The minimum atomic E-state index is 0.0670. The molecule has 1 saturated heterocycles. The molecule has 0 radical (unpaired) electrons. The third-order valence-corrected chi connectivity index (χ3v) is 4.37. The van der Waals surface area contributed by atoms with Crippen LogP contribution in [-0.2, 0) is 16.0 Å². The number of aryl methyl sites for hydroxylation is 1. The molecule has 1 atom stereocenters. The van der Waals surface area contributed by atoms with Crippen LogP contribution < -0.4 is 0 Å². The van der Waals surface area contributed by atoms with Crippen LogP contribution in [0.4, 0.5) is 0 Å². The second-order valence-electron chi connectivity index (χ2n) is 5.73. The van der Waals surface area contributed by atoms with Crippen LogP contribution in [0.25, 0.3) is 11.5 Å². The summed E-state index contributed by atoms with van der Waals surface area (Å²) in [4.78, 5) is 18.8. The number of ether oxygens (including phenoxy) is 1. The Bertz CT molecular complexity index is 714. The van der Waals surface area contributed by atoms with E-state index in [0.717, 1.165) is 10.0 Å². The number of benzene rings is 1. The molecular weight excluding hydrogens is 360 g/mol. The fraction of sp³-hybridized carbons (Fsp3) is 0.412. The van der Waals surface area contributed by atoms with E-state index in [1.165, 1.54) is 0 Å². The Hall–Kier alpha value is -1.66. The standard InChI is InChI=1S/C17H19BrN2O3/c1-11-10-20(6-7-22-11)16(21)9-15-12(2)23-17(19-15)13-4-3-5-14(18)8-13/h3-5,8,11H,6-7,9-10H2,1-2H3. The zero-order valence-corrected chi connectivity index (χ0v) is 14.8. The topological polar surface area (TPSA) is 55.6 Å². The first-order chi connectivity index (χ1) is 11.0. The summed E-state index contributed by atoms with van der Waals surface area (Å²) in [5.41, 5.74) is 1.59. The highest BCUT2D eigenvalue weighted by Crippen LogP contribution is 2.25. The third kappa shape index (κ3) is 3.82. The van der Waals surface area contributed by atoms with E-state index >= 15 is 0 Å². The number of morpholine rings is 1. The van der Waals surface area contributed by atoms with Gasteiger partial charge in [0.05, 0.1) is 24.8 Å². The maximum Gasteiger partial charge on any atom is 0.228 e. The van der Waals surface area contributed by atoms with Crippen LogP contribution >= 0.6 is 15.9 Å². The van der Waals surface area contributed by atoms with Crippen molar-refractivity contribution in [3.05, 3.63) is 40.2 Å². The molecule has 122 valence electrons. The lowest BCUT2D eigenvalue weighted by Crippen LogP contribution is -2.45. The number of carbonyl (C=O) groups is 1. The van der Waals surface area contributed by atoms with Crippen LogP contribution in [0.5, 0.6) is 0 Å². The fourth-order valence-electron chi connectivity index (χ4n) is 2.64. The summed E-state index contributed by atoms with van der Waals surface area (Å²) < 4.78 is 12.2. The first kappa shape index (κ1) is 16.2. The molecule has 1 unspecified atom stereocenters. The van der Waals surface area contributed by atoms with Crippen molar-refractivity contribution in [1.29, 1.82) is 0 Å². The van der Waals surface area contributed by atoms with E-state index in [9.17, 15) is 4.79 Å². The number of carbonyl (C=O) groups excluding carboxylic acids is 1. The highest BCUT2D eigenvalue weighted by Gasteiger charge is 2.23. The Kier molecular flexibility index (Phi) is 4.82. The van der Waals surface area contributed by atoms with Crippen LogP contribution in [0.1, 0.15) is 18.4 Å². The molecule has 1 amide bonds. The van der Waals surface area contributed by atoms with Crippen molar-refractivity contribution in [3.8, 4) is 11.5 Å². The van der Waals surface area contributed by atoms with Gasteiger partial charge in [0.25, 0.3) is 0 Å². The van der Waals surface area contributed by atoms with E-state index in [4.69, 9.17) is 9.15 Å². The molecule has 1 fully saturated rings. The molecule has 6 heteroatoms. The molecule has 5 nitrogen and oxygen atoms in total. The van der Waals surface area contributed by atoms with Gasteiger partial charge in [-0.2, -0.15) is 0 Å². The van der Waals surface area contributed by atoms with Crippen molar-refractivity contribution < 1.29 is 13.9 Å². The minimum Gasteiger partial charge on any atom is -0.441 e. The lowest BCUT2D eigenvalue weighted by molar-refractivity contribution is -0.137. The predicted molar refractivity (Wildman–Crippen MR) is 90.1 cm³/mol. The molecule has 23 heavy (non-hydrogen) atoms. The molecular formula is C17H19BrN2O3. The smallest absolute Gasteiger partial charge is 0.228 e. The van der Waals surface area contributed by atoms with Gasteiger partial charge in [0, 0.05) is 23.1 Å². The summed E-state index contributed by atoms with van der Waals surface area (Å²) in [6.45, 7) is 5.69. The normalized spacial score (nSPS) is 18.2. The lowest BCUT2D eigenvalue weighted by Gasteiger charge is -2.31. The van der Waals surface area contributed by atoms with E-state index in [2.05, 4.69) is 20.9 Å². The maximum atomic E-state index is 12.4. The second-order valence-corrected chi connectivity index (χ2v) is 6.65. The highest BCUT2D eigenvalue weighted by molar-refractivity contribution is 9.10. The third-order valence-electron chi connectivity index (χ3n) is 3.88. The van der Waals surface area contributed by atoms with E-state index < -0.39 is 0 Å². The number of aromatic nitrogens is 1. The molecule has 2 heterocycles. The largest absolute Gasteiger partial charge is 0.441 e. The van der Waals surface area contributed by atoms with Crippen LogP contribution in [0, 0.1) is 6.92 Å². The van der Waals surface area contributed by atoms with Gasteiger partial charge in [0.15, 0.2) is 0 Å². The van der Waals surface area contributed by atoms with Crippen molar-refractivity contribution >= 4 is 21.8 Å². The molecule has 0 aliphatic carbocycles. The molecule has 3 rings (SSSR count). The van der Waals surface area contributed by atoms with Crippen molar-refractivity contribution in [2.75, 3.05) is 19.7 Å². The predicted octanol–water partition coefficient (Wildman–Crippen LogP) is 3.20. The van der Waals surface area contributed by atoms with Gasteiger partial charge in [-0.05, 0) is 32.0 Å². The summed E-state index contributed by atoms with van der Waals surface area (Å²) in [7, 11) is 0. The average Bonchev–Trinajstić information content (AvgIpc) is 2.88. The fourth-order valence-corrected chi connectivity index (χ4v) is 3.04. The van der Waals surface area contributed by atoms with Crippen LogP contribution in [0.2, 0.25) is 0 Å². The second kappa shape index (κ2) is 6.84. The average molecular weight is 379 g/mol. The molecule has 2 aromatic rings. The Balaban J connectivity index is 1.75. The monoisotopic (exact) mass is 378 g/mol. The van der Waals surface area contributed by atoms with E-state index in [0.29, 0.717) is 37.0 Å². The van der Waals surface area contributed by atoms with E-state index in [1.54, 1.807) is 0 Å². The maximum absolute atomic E-state index is 12.4. The van der Waals surface area contributed by atoms with Gasteiger partial charge in [0.2, 0.25) is 11.8 Å². The van der Waals surface area contributed by atoms with Gasteiger partial charge in [0.1, 0.15) is 5.76 Å². The summed E-state index contributed by atoms with van der Waals surface area (Å²) >= 11 is 3.44. The van der Waals surface area contributed by atoms with Crippen molar-refractivity contribution in [2.24, 2.45) is 0 Å².